The van der Waals surface area contributed by atoms with Crippen molar-refractivity contribution in [1.29, 1.82) is 0 Å². The SMILES string of the molecule is COC(=O)Cn1c2ccccc2c2c3c(oc21)C(=O)c1ccccc1C3=O. The van der Waals surface area contributed by atoms with Gasteiger partial charge in [0.15, 0.2) is 11.5 Å². The van der Waals surface area contributed by atoms with Crippen LogP contribution in [0, 0.1) is 0 Å². The van der Waals surface area contributed by atoms with Gasteiger partial charge in [-0.2, -0.15) is 0 Å². The van der Waals surface area contributed by atoms with Crippen LogP contribution in [0.25, 0.3) is 22.0 Å². The summed E-state index contributed by atoms with van der Waals surface area (Å²) in [5.74, 6) is -1.01. The van der Waals surface area contributed by atoms with Gasteiger partial charge in [0.2, 0.25) is 11.5 Å². The summed E-state index contributed by atoms with van der Waals surface area (Å²) >= 11 is 0. The third kappa shape index (κ3) is 1.98. The molecular weight excluding hydrogens is 346 g/mol. The van der Waals surface area contributed by atoms with Crippen molar-refractivity contribution < 1.29 is 23.5 Å². The van der Waals surface area contributed by atoms with Crippen molar-refractivity contribution in [3.63, 3.8) is 0 Å². The molecule has 0 fully saturated rings. The normalized spacial score (nSPS) is 13.1. The van der Waals surface area contributed by atoms with Crippen molar-refractivity contribution in [2.45, 2.75) is 6.54 Å². The third-order valence-electron chi connectivity index (χ3n) is 4.96. The fourth-order valence-electron chi connectivity index (χ4n) is 3.75. The summed E-state index contributed by atoms with van der Waals surface area (Å²) in [6, 6.07) is 14.1. The van der Waals surface area contributed by atoms with Crippen LogP contribution < -0.4 is 0 Å². The highest BCUT2D eigenvalue weighted by atomic mass is 16.5. The molecule has 0 saturated carbocycles. The standard InChI is InChI=1S/C21H13NO5/c1-26-15(23)10-22-14-9-5-4-8-13(14)16-17-18(24)11-6-2-3-7-12(11)19(25)20(17)27-21(16)22/h2-9H,10H2,1H3. The van der Waals surface area contributed by atoms with Crippen molar-refractivity contribution in [3.05, 3.63) is 71.0 Å². The first-order valence-corrected chi connectivity index (χ1v) is 8.40. The Balaban J connectivity index is 1.88. The smallest absolute Gasteiger partial charge is 0.325 e. The number of nitrogens with zero attached hydrogens (tertiary/aromatic N) is 1. The number of rotatable bonds is 2. The van der Waals surface area contributed by atoms with Crippen LogP contribution >= 0.6 is 0 Å². The first kappa shape index (κ1) is 15.6. The summed E-state index contributed by atoms with van der Waals surface area (Å²) < 4.78 is 12.3. The minimum absolute atomic E-state index is 0.0214. The van der Waals surface area contributed by atoms with E-state index < -0.39 is 5.97 Å². The van der Waals surface area contributed by atoms with Crippen LogP contribution in [-0.2, 0) is 16.1 Å². The molecule has 2 heterocycles. The van der Waals surface area contributed by atoms with E-state index in [0.717, 1.165) is 10.9 Å². The van der Waals surface area contributed by atoms with Gasteiger partial charge in [-0.1, -0.05) is 42.5 Å². The second-order valence-corrected chi connectivity index (χ2v) is 6.37. The maximum atomic E-state index is 13.1. The number of benzene rings is 2. The molecule has 2 aromatic heterocycles. The van der Waals surface area contributed by atoms with Crippen molar-refractivity contribution in [2.75, 3.05) is 7.11 Å². The van der Waals surface area contributed by atoms with Crippen LogP contribution in [0.3, 0.4) is 0 Å². The molecule has 6 nitrogen and oxygen atoms in total. The van der Waals surface area contributed by atoms with Gasteiger partial charge in [0.05, 0.1) is 23.6 Å². The summed E-state index contributed by atoms with van der Waals surface area (Å²) in [5, 5.41) is 1.30. The third-order valence-corrected chi connectivity index (χ3v) is 4.96. The van der Waals surface area contributed by atoms with E-state index in [1.165, 1.54) is 7.11 Å². The number of hydrogen-bond donors (Lipinski definition) is 0. The monoisotopic (exact) mass is 359 g/mol. The molecule has 27 heavy (non-hydrogen) atoms. The topological polar surface area (TPSA) is 78.5 Å². The molecule has 6 heteroatoms. The second-order valence-electron chi connectivity index (χ2n) is 6.37. The number of aromatic nitrogens is 1. The Morgan fingerprint density at radius 1 is 1.00 bits per heavy atom. The molecule has 1 aliphatic rings. The molecular formula is C21H13NO5. The van der Waals surface area contributed by atoms with Gasteiger partial charge in [0.1, 0.15) is 6.54 Å². The average molecular weight is 359 g/mol. The molecule has 0 aliphatic heterocycles. The zero-order valence-electron chi connectivity index (χ0n) is 14.3. The quantitative estimate of drug-likeness (QED) is 0.452. The molecule has 0 bridgehead atoms. The van der Waals surface area contributed by atoms with Crippen LogP contribution in [0.2, 0.25) is 0 Å². The number of carbonyl (C=O) groups excluding carboxylic acids is 3. The summed E-state index contributed by atoms with van der Waals surface area (Å²) in [6.07, 6.45) is 0. The van der Waals surface area contributed by atoms with Gasteiger partial charge >= 0.3 is 5.97 Å². The van der Waals surface area contributed by atoms with Crippen LogP contribution in [0.1, 0.15) is 32.0 Å². The number of ether oxygens (including phenoxy) is 1. The maximum absolute atomic E-state index is 13.1. The lowest BCUT2D eigenvalue weighted by Gasteiger charge is -2.12. The van der Waals surface area contributed by atoms with Gasteiger partial charge in [-0.15, -0.1) is 0 Å². The summed E-state index contributed by atoms with van der Waals surface area (Å²) in [6.45, 7) is -0.0811. The van der Waals surface area contributed by atoms with E-state index in [4.69, 9.17) is 9.15 Å². The zero-order valence-corrected chi connectivity index (χ0v) is 14.3. The van der Waals surface area contributed by atoms with Gasteiger partial charge in [-0.25, -0.2) is 0 Å². The number of para-hydroxylation sites is 1. The molecule has 5 rings (SSSR count). The molecule has 0 spiro atoms. The van der Waals surface area contributed by atoms with E-state index in [-0.39, 0.29) is 29.4 Å². The van der Waals surface area contributed by atoms with Crippen LogP contribution in [0.4, 0.5) is 0 Å². The Hall–Kier alpha value is -3.67. The predicted molar refractivity (Wildman–Crippen MR) is 97.0 cm³/mol. The van der Waals surface area contributed by atoms with E-state index >= 15 is 0 Å². The highest BCUT2D eigenvalue weighted by molar-refractivity contribution is 6.33. The highest BCUT2D eigenvalue weighted by Crippen LogP contribution is 2.40. The van der Waals surface area contributed by atoms with E-state index in [2.05, 4.69) is 0 Å². The van der Waals surface area contributed by atoms with E-state index in [1.807, 2.05) is 24.3 Å². The average Bonchev–Trinajstić information content (AvgIpc) is 3.23. The molecule has 1 aliphatic carbocycles. The second kappa shape index (κ2) is 5.41. The molecule has 0 unspecified atom stereocenters. The predicted octanol–water partition coefficient (Wildman–Crippen LogP) is 3.34. The maximum Gasteiger partial charge on any atom is 0.325 e. The molecule has 0 N–H and O–H groups in total. The summed E-state index contributed by atoms with van der Waals surface area (Å²) in [5.41, 5.74) is 2.01. The molecule has 132 valence electrons. The molecule has 4 aromatic rings. The molecule has 0 atom stereocenters. The number of fused-ring (bicyclic) bond motifs is 6. The number of methoxy groups -OCH3 is 1. The highest BCUT2D eigenvalue weighted by Gasteiger charge is 2.37. The number of esters is 1. The van der Waals surface area contributed by atoms with Gasteiger partial charge < -0.3 is 13.7 Å². The van der Waals surface area contributed by atoms with Crippen molar-refractivity contribution in [1.82, 2.24) is 4.57 Å². The van der Waals surface area contributed by atoms with E-state index in [1.54, 1.807) is 28.8 Å². The zero-order chi connectivity index (χ0) is 18.7. The first-order valence-electron chi connectivity index (χ1n) is 8.40. The van der Waals surface area contributed by atoms with Crippen molar-refractivity contribution in [2.24, 2.45) is 0 Å². The Labute approximate surface area is 152 Å². The van der Waals surface area contributed by atoms with E-state index in [0.29, 0.717) is 22.2 Å². The van der Waals surface area contributed by atoms with E-state index in [9.17, 15) is 14.4 Å². The van der Waals surface area contributed by atoms with Crippen molar-refractivity contribution >= 4 is 39.5 Å². The molecule has 0 saturated heterocycles. The fraction of sp³-hybridized carbons (Fsp3) is 0.0952. The number of carbonyl (C=O) groups is 3. The van der Waals surface area contributed by atoms with Gasteiger partial charge in [0.25, 0.3) is 0 Å². The number of furan rings is 1. The Morgan fingerprint density at radius 3 is 2.41 bits per heavy atom. The lowest BCUT2D eigenvalue weighted by Crippen LogP contribution is -2.19. The lowest BCUT2D eigenvalue weighted by molar-refractivity contribution is -0.141. The Morgan fingerprint density at radius 2 is 1.67 bits per heavy atom. The largest absolute Gasteiger partial charge is 0.468 e. The molecule has 2 aromatic carbocycles. The lowest BCUT2D eigenvalue weighted by atomic mass is 9.87. The minimum atomic E-state index is -0.451. The summed E-state index contributed by atoms with van der Waals surface area (Å²) in [4.78, 5) is 37.9. The number of ketones is 2. The minimum Gasteiger partial charge on any atom is -0.468 e. The summed E-state index contributed by atoms with van der Waals surface area (Å²) in [7, 11) is 1.31. The van der Waals surface area contributed by atoms with Gasteiger partial charge in [-0.05, 0) is 6.07 Å². The van der Waals surface area contributed by atoms with Crippen LogP contribution in [0.5, 0.6) is 0 Å². The van der Waals surface area contributed by atoms with Crippen LogP contribution in [-0.4, -0.2) is 29.2 Å². The molecule has 0 radical (unpaired) electrons. The van der Waals surface area contributed by atoms with Crippen LogP contribution in [0.15, 0.2) is 52.9 Å². The fourth-order valence-corrected chi connectivity index (χ4v) is 3.75. The Kier molecular flexibility index (Phi) is 3.12. The first-order chi connectivity index (χ1) is 13.1. The van der Waals surface area contributed by atoms with Gasteiger partial charge in [-0.3, -0.25) is 14.4 Å². The van der Waals surface area contributed by atoms with Gasteiger partial charge in [0, 0.05) is 16.5 Å². The molecule has 0 amide bonds. The number of hydrogen-bond acceptors (Lipinski definition) is 5. The van der Waals surface area contributed by atoms with Crippen molar-refractivity contribution in [3.8, 4) is 0 Å². The Bertz CT molecular complexity index is 1290.